The first-order valence-corrected chi connectivity index (χ1v) is 7.11. The molecule has 0 aliphatic carbocycles. The van der Waals surface area contributed by atoms with Crippen LogP contribution in [0.25, 0.3) is 0 Å². The van der Waals surface area contributed by atoms with E-state index in [9.17, 15) is 4.79 Å². The van der Waals surface area contributed by atoms with Crippen LogP contribution in [0.5, 0.6) is 11.5 Å². The molecule has 0 radical (unpaired) electrons. The minimum atomic E-state index is -0.830. The highest BCUT2D eigenvalue weighted by molar-refractivity contribution is 5.69. The number of carbonyl (C=O) groups is 1. The summed E-state index contributed by atoms with van der Waals surface area (Å²) < 4.78 is 11.6. The van der Waals surface area contributed by atoms with E-state index < -0.39 is 5.97 Å². The molecule has 0 fully saturated rings. The standard InChI is InChI=1S/C17H22O4/c1-11-7-8-20-15-9-12(21-17(2,3)4)5-6-13(15)14(11)10-16(18)19/h5-6,9,14H,1,7-8,10H2,2-4H3,(H,18,19). The van der Waals surface area contributed by atoms with Crippen molar-refractivity contribution >= 4 is 5.97 Å². The normalized spacial score (nSPS) is 18.4. The summed E-state index contributed by atoms with van der Waals surface area (Å²) in [7, 11) is 0. The Kier molecular flexibility index (Phi) is 4.26. The van der Waals surface area contributed by atoms with E-state index in [1.165, 1.54) is 0 Å². The topological polar surface area (TPSA) is 55.8 Å². The molecular formula is C17H22O4. The lowest BCUT2D eigenvalue weighted by Gasteiger charge is -2.23. The number of hydrogen-bond donors (Lipinski definition) is 1. The molecule has 1 aliphatic heterocycles. The molecule has 0 spiro atoms. The number of carboxylic acids is 1. The van der Waals surface area contributed by atoms with Crippen molar-refractivity contribution in [3.8, 4) is 11.5 Å². The van der Waals surface area contributed by atoms with Crippen LogP contribution < -0.4 is 9.47 Å². The first-order chi connectivity index (χ1) is 9.76. The van der Waals surface area contributed by atoms with Gasteiger partial charge in [0.05, 0.1) is 13.0 Å². The van der Waals surface area contributed by atoms with Gasteiger partial charge in [-0.05, 0) is 26.8 Å². The largest absolute Gasteiger partial charge is 0.493 e. The average molecular weight is 290 g/mol. The molecule has 1 aromatic carbocycles. The fraction of sp³-hybridized carbons (Fsp3) is 0.471. The van der Waals surface area contributed by atoms with Crippen LogP contribution >= 0.6 is 0 Å². The molecule has 1 N–H and O–H groups in total. The Morgan fingerprint density at radius 3 is 2.81 bits per heavy atom. The van der Waals surface area contributed by atoms with Crippen LogP contribution in [0.15, 0.2) is 30.4 Å². The van der Waals surface area contributed by atoms with Gasteiger partial charge in [0.25, 0.3) is 0 Å². The molecule has 1 aromatic rings. The highest BCUT2D eigenvalue weighted by atomic mass is 16.5. The van der Waals surface area contributed by atoms with Crippen molar-refractivity contribution < 1.29 is 19.4 Å². The van der Waals surface area contributed by atoms with Crippen LogP contribution in [-0.4, -0.2) is 23.3 Å². The van der Waals surface area contributed by atoms with E-state index in [4.69, 9.17) is 14.6 Å². The number of fused-ring (bicyclic) bond motifs is 1. The van der Waals surface area contributed by atoms with Crippen molar-refractivity contribution in [2.24, 2.45) is 0 Å². The second-order valence-electron chi connectivity index (χ2n) is 6.32. The summed E-state index contributed by atoms with van der Waals surface area (Å²) in [6.07, 6.45) is 0.705. The van der Waals surface area contributed by atoms with Gasteiger partial charge >= 0.3 is 5.97 Å². The highest BCUT2D eigenvalue weighted by Gasteiger charge is 2.26. The third-order valence-electron chi connectivity index (χ3n) is 3.34. The zero-order valence-corrected chi connectivity index (χ0v) is 12.8. The van der Waals surface area contributed by atoms with Crippen LogP contribution in [-0.2, 0) is 4.79 Å². The molecule has 0 saturated heterocycles. The van der Waals surface area contributed by atoms with Crippen LogP contribution in [0.1, 0.15) is 45.1 Å². The Hall–Kier alpha value is -1.97. The van der Waals surface area contributed by atoms with Gasteiger partial charge in [-0.3, -0.25) is 4.79 Å². The fourth-order valence-electron chi connectivity index (χ4n) is 2.46. The zero-order valence-electron chi connectivity index (χ0n) is 12.8. The first-order valence-electron chi connectivity index (χ1n) is 7.11. The molecule has 4 heteroatoms. The molecule has 4 nitrogen and oxygen atoms in total. The minimum Gasteiger partial charge on any atom is -0.493 e. The Balaban J connectivity index is 2.35. The summed E-state index contributed by atoms with van der Waals surface area (Å²) in [6.45, 7) is 10.5. The molecule has 21 heavy (non-hydrogen) atoms. The van der Waals surface area contributed by atoms with Gasteiger partial charge in [-0.15, -0.1) is 0 Å². The van der Waals surface area contributed by atoms with E-state index in [0.717, 1.165) is 16.9 Å². The predicted octanol–water partition coefficient (Wildman–Crippen LogP) is 3.76. The summed E-state index contributed by atoms with van der Waals surface area (Å²) in [6, 6.07) is 5.59. The van der Waals surface area contributed by atoms with Gasteiger partial charge in [0.1, 0.15) is 17.1 Å². The van der Waals surface area contributed by atoms with Crippen molar-refractivity contribution in [3.05, 3.63) is 35.9 Å². The van der Waals surface area contributed by atoms with E-state index in [1.54, 1.807) is 0 Å². The van der Waals surface area contributed by atoms with E-state index >= 15 is 0 Å². The second-order valence-corrected chi connectivity index (χ2v) is 6.32. The quantitative estimate of drug-likeness (QED) is 0.861. The van der Waals surface area contributed by atoms with Gasteiger partial charge in [-0.2, -0.15) is 0 Å². The van der Waals surface area contributed by atoms with Crippen molar-refractivity contribution in [3.63, 3.8) is 0 Å². The van der Waals surface area contributed by atoms with Crippen LogP contribution in [0, 0.1) is 0 Å². The Labute approximate surface area is 125 Å². The second kappa shape index (κ2) is 5.80. The molecule has 1 heterocycles. The molecule has 0 aromatic heterocycles. The number of hydrogen-bond acceptors (Lipinski definition) is 3. The summed E-state index contributed by atoms with van der Waals surface area (Å²) in [5.41, 5.74) is 1.49. The molecule has 1 unspecified atom stereocenters. The summed E-state index contributed by atoms with van der Waals surface area (Å²) in [5.74, 6) is 0.386. The molecule has 2 rings (SSSR count). The third kappa shape index (κ3) is 4.00. The van der Waals surface area contributed by atoms with Gasteiger partial charge < -0.3 is 14.6 Å². The van der Waals surface area contributed by atoms with Gasteiger partial charge in [0.2, 0.25) is 0 Å². The first kappa shape index (κ1) is 15.4. The third-order valence-corrected chi connectivity index (χ3v) is 3.34. The number of benzene rings is 1. The molecule has 1 aliphatic rings. The Morgan fingerprint density at radius 1 is 1.48 bits per heavy atom. The van der Waals surface area contributed by atoms with Gasteiger partial charge in [0.15, 0.2) is 0 Å². The maximum absolute atomic E-state index is 11.1. The summed E-state index contributed by atoms with van der Waals surface area (Å²) in [5, 5.41) is 9.10. The smallest absolute Gasteiger partial charge is 0.304 e. The Bertz CT molecular complexity index is 554. The van der Waals surface area contributed by atoms with Crippen molar-refractivity contribution in [2.45, 2.75) is 45.1 Å². The predicted molar refractivity (Wildman–Crippen MR) is 81.1 cm³/mol. The van der Waals surface area contributed by atoms with Gasteiger partial charge in [-0.25, -0.2) is 0 Å². The lowest BCUT2D eigenvalue weighted by molar-refractivity contribution is -0.137. The number of aliphatic carboxylic acids is 1. The number of rotatable bonds is 3. The van der Waals surface area contributed by atoms with Crippen molar-refractivity contribution in [1.82, 2.24) is 0 Å². The van der Waals surface area contributed by atoms with E-state index in [0.29, 0.717) is 18.8 Å². The average Bonchev–Trinajstić information content (AvgIpc) is 2.47. The molecule has 0 bridgehead atoms. The SMILES string of the molecule is C=C1CCOc2cc(OC(C)(C)C)ccc2C1CC(=O)O. The van der Waals surface area contributed by atoms with Crippen LogP contribution in [0.4, 0.5) is 0 Å². The minimum absolute atomic E-state index is 0.0364. The van der Waals surface area contributed by atoms with Crippen LogP contribution in [0.3, 0.4) is 0 Å². The van der Waals surface area contributed by atoms with Crippen molar-refractivity contribution in [1.29, 1.82) is 0 Å². The van der Waals surface area contributed by atoms with Gasteiger partial charge in [-0.1, -0.05) is 18.2 Å². The summed E-state index contributed by atoms with van der Waals surface area (Å²) >= 11 is 0. The number of carboxylic acid groups (broad SMARTS) is 1. The molecule has 0 amide bonds. The van der Waals surface area contributed by atoms with Crippen LogP contribution in [0.2, 0.25) is 0 Å². The molecular weight excluding hydrogens is 268 g/mol. The monoisotopic (exact) mass is 290 g/mol. The fourth-order valence-corrected chi connectivity index (χ4v) is 2.46. The number of ether oxygens (including phenoxy) is 2. The van der Waals surface area contributed by atoms with E-state index in [1.807, 2.05) is 39.0 Å². The van der Waals surface area contributed by atoms with Gasteiger partial charge in [0, 0.05) is 24.0 Å². The lowest BCUT2D eigenvalue weighted by atomic mass is 9.87. The zero-order chi connectivity index (χ0) is 15.6. The van der Waals surface area contributed by atoms with E-state index in [-0.39, 0.29) is 17.9 Å². The Morgan fingerprint density at radius 2 is 2.19 bits per heavy atom. The highest BCUT2D eigenvalue weighted by Crippen LogP contribution is 2.40. The maximum atomic E-state index is 11.1. The summed E-state index contributed by atoms with van der Waals surface area (Å²) in [4.78, 5) is 11.1. The molecule has 1 atom stereocenters. The van der Waals surface area contributed by atoms with E-state index in [2.05, 4.69) is 6.58 Å². The van der Waals surface area contributed by atoms with Crippen molar-refractivity contribution in [2.75, 3.05) is 6.61 Å². The maximum Gasteiger partial charge on any atom is 0.304 e. The lowest BCUT2D eigenvalue weighted by Crippen LogP contribution is -2.23. The molecule has 114 valence electrons. The molecule has 0 saturated carbocycles.